The van der Waals surface area contributed by atoms with E-state index in [9.17, 15) is 9.59 Å². The van der Waals surface area contributed by atoms with Gasteiger partial charge in [-0.3, -0.25) is 14.6 Å². The Labute approximate surface area is 176 Å². The molecule has 1 aliphatic heterocycles. The molecular weight excluding hydrogens is 399 g/mol. The van der Waals surface area contributed by atoms with Gasteiger partial charge in [0.1, 0.15) is 0 Å². The third-order valence-electron chi connectivity index (χ3n) is 4.78. The van der Waals surface area contributed by atoms with Crippen LogP contribution < -0.4 is 5.73 Å². The summed E-state index contributed by atoms with van der Waals surface area (Å²) in [6.07, 6.45) is 1.42. The molecule has 0 fully saturated rings. The van der Waals surface area contributed by atoms with E-state index in [0.29, 0.717) is 48.2 Å². The van der Waals surface area contributed by atoms with Gasteiger partial charge in [-0.15, -0.1) is 0 Å². The number of nitrogens with zero attached hydrogens (tertiary/aromatic N) is 3. The summed E-state index contributed by atoms with van der Waals surface area (Å²) in [7, 11) is 0. The number of rotatable bonds is 7. The van der Waals surface area contributed by atoms with E-state index in [1.54, 1.807) is 28.0 Å². The SMILES string of the molecule is CC(=NCCN(C=O)C(C)C)C1=C(N)CCN(C(=O)c2ccc(Cl)c(Cl)c2)C1. The van der Waals surface area contributed by atoms with Crippen molar-refractivity contribution >= 4 is 41.2 Å². The number of benzene rings is 1. The maximum atomic E-state index is 12.8. The lowest BCUT2D eigenvalue weighted by molar-refractivity contribution is -0.119. The van der Waals surface area contributed by atoms with Crippen LogP contribution in [0.4, 0.5) is 0 Å². The van der Waals surface area contributed by atoms with Gasteiger partial charge in [0, 0.05) is 54.6 Å². The molecule has 1 heterocycles. The van der Waals surface area contributed by atoms with Crippen LogP contribution in [-0.4, -0.2) is 60.0 Å². The summed E-state index contributed by atoms with van der Waals surface area (Å²) in [6.45, 7) is 7.75. The van der Waals surface area contributed by atoms with E-state index in [1.165, 1.54) is 0 Å². The summed E-state index contributed by atoms with van der Waals surface area (Å²) in [6, 6.07) is 4.99. The van der Waals surface area contributed by atoms with Gasteiger partial charge < -0.3 is 15.5 Å². The summed E-state index contributed by atoms with van der Waals surface area (Å²) in [5, 5.41) is 0.762. The molecule has 152 valence electrons. The molecule has 0 aromatic heterocycles. The van der Waals surface area contributed by atoms with Gasteiger partial charge in [0.05, 0.1) is 16.6 Å². The molecule has 0 saturated heterocycles. The van der Waals surface area contributed by atoms with Crippen molar-refractivity contribution < 1.29 is 9.59 Å². The normalized spacial score (nSPS) is 15.2. The average Bonchev–Trinajstić information content (AvgIpc) is 2.66. The third-order valence-corrected chi connectivity index (χ3v) is 5.52. The molecule has 1 aromatic carbocycles. The number of carbonyl (C=O) groups excluding carboxylic acids is 2. The molecule has 2 N–H and O–H groups in total. The van der Waals surface area contributed by atoms with Crippen molar-refractivity contribution in [3.05, 3.63) is 45.1 Å². The lowest BCUT2D eigenvalue weighted by atomic mass is 10.0. The lowest BCUT2D eigenvalue weighted by Crippen LogP contribution is -2.40. The fourth-order valence-electron chi connectivity index (χ4n) is 2.97. The Kier molecular flexibility index (Phi) is 7.89. The van der Waals surface area contributed by atoms with E-state index in [4.69, 9.17) is 28.9 Å². The van der Waals surface area contributed by atoms with E-state index >= 15 is 0 Å². The summed E-state index contributed by atoms with van der Waals surface area (Å²) in [4.78, 5) is 31.9. The van der Waals surface area contributed by atoms with E-state index in [0.717, 1.165) is 23.4 Å². The van der Waals surface area contributed by atoms with Crippen molar-refractivity contribution in [3.8, 4) is 0 Å². The minimum absolute atomic E-state index is 0.122. The molecule has 8 heteroatoms. The molecule has 2 amide bonds. The monoisotopic (exact) mass is 424 g/mol. The van der Waals surface area contributed by atoms with Gasteiger partial charge in [-0.05, 0) is 39.0 Å². The molecule has 2 rings (SSSR count). The summed E-state index contributed by atoms with van der Waals surface area (Å²) in [5.41, 5.74) is 9.07. The largest absolute Gasteiger partial charge is 0.402 e. The first-order chi connectivity index (χ1) is 13.2. The highest BCUT2D eigenvalue weighted by Gasteiger charge is 2.24. The highest BCUT2D eigenvalue weighted by molar-refractivity contribution is 6.42. The predicted octanol–water partition coefficient (Wildman–Crippen LogP) is 3.38. The molecule has 0 spiro atoms. The second-order valence-corrected chi connectivity index (χ2v) is 7.83. The van der Waals surface area contributed by atoms with Gasteiger partial charge in [0.25, 0.3) is 5.91 Å². The van der Waals surface area contributed by atoms with Crippen LogP contribution in [0.1, 0.15) is 37.6 Å². The molecule has 0 aliphatic carbocycles. The van der Waals surface area contributed by atoms with Crippen LogP contribution in [0.3, 0.4) is 0 Å². The minimum atomic E-state index is -0.122. The third kappa shape index (κ3) is 5.49. The molecule has 0 unspecified atom stereocenters. The summed E-state index contributed by atoms with van der Waals surface area (Å²) < 4.78 is 0. The van der Waals surface area contributed by atoms with Gasteiger partial charge in [0.15, 0.2) is 0 Å². The molecular formula is C20H26Cl2N4O2. The summed E-state index contributed by atoms with van der Waals surface area (Å²) in [5.74, 6) is -0.122. The maximum absolute atomic E-state index is 12.8. The quantitative estimate of drug-likeness (QED) is 0.537. The molecule has 28 heavy (non-hydrogen) atoms. The highest BCUT2D eigenvalue weighted by atomic mass is 35.5. The van der Waals surface area contributed by atoms with Crippen molar-refractivity contribution in [2.75, 3.05) is 26.2 Å². The number of hydrogen-bond donors (Lipinski definition) is 1. The van der Waals surface area contributed by atoms with Gasteiger partial charge >= 0.3 is 0 Å². The van der Waals surface area contributed by atoms with Crippen LogP contribution in [0.5, 0.6) is 0 Å². The van der Waals surface area contributed by atoms with Crippen molar-refractivity contribution in [1.82, 2.24) is 9.80 Å². The zero-order chi connectivity index (χ0) is 20.8. The summed E-state index contributed by atoms with van der Waals surface area (Å²) >= 11 is 12.0. The number of carbonyl (C=O) groups is 2. The predicted molar refractivity (Wildman–Crippen MR) is 114 cm³/mol. The minimum Gasteiger partial charge on any atom is -0.402 e. The van der Waals surface area contributed by atoms with Crippen molar-refractivity contribution in [3.63, 3.8) is 0 Å². The van der Waals surface area contributed by atoms with Crippen LogP contribution >= 0.6 is 23.2 Å². The first-order valence-corrected chi connectivity index (χ1v) is 9.94. The van der Waals surface area contributed by atoms with Gasteiger partial charge in [0.2, 0.25) is 6.41 Å². The van der Waals surface area contributed by atoms with Gasteiger partial charge in [-0.1, -0.05) is 23.2 Å². The van der Waals surface area contributed by atoms with Crippen LogP contribution in [0.25, 0.3) is 0 Å². The molecule has 6 nitrogen and oxygen atoms in total. The number of hydrogen-bond acceptors (Lipinski definition) is 4. The molecule has 1 aromatic rings. The zero-order valence-electron chi connectivity index (χ0n) is 16.4. The maximum Gasteiger partial charge on any atom is 0.254 e. The number of nitrogens with two attached hydrogens (primary N) is 1. The van der Waals surface area contributed by atoms with E-state index < -0.39 is 0 Å². The Hall–Kier alpha value is -2.05. The Balaban J connectivity index is 2.08. The fourth-order valence-corrected chi connectivity index (χ4v) is 3.27. The van der Waals surface area contributed by atoms with Crippen molar-refractivity contribution in [2.45, 2.75) is 33.2 Å². The van der Waals surface area contributed by atoms with Crippen molar-refractivity contribution in [1.29, 1.82) is 0 Å². The molecule has 1 aliphatic rings. The molecule has 0 saturated carbocycles. The lowest BCUT2D eigenvalue weighted by Gasteiger charge is -2.30. The van der Waals surface area contributed by atoms with Crippen LogP contribution in [-0.2, 0) is 4.79 Å². The second kappa shape index (κ2) is 9.94. The van der Waals surface area contributed by atoms with E-state index in [-0.39, 0.29) is 11.9 Å². The van der Waals surface area contributed by atoms with Crippen LogP contribution in [0.15, 0.2) is 34.5 Å². The highest BCUT2D eigenvalue weighted by Crippen LogP contribution is 2.24. The topological polar surface area (TPSA) is 79.0 Å². The Morgan fingerprint density at radius 2 is 2.07 bits per heavy atom. The smallest absolute Gasteiger partial charge is 0.254 e. The Morgan fingerprint density at radius 1 is 1.36 bits per heavy atom. The first-order valence-electron chi connectivity index (χ1n) is 9.18. The van der Waals surface area contributed by atoms with Gasteiger partial charge in [-0.2, -0.15) is 0 Å². The first kappa shape index (κ1) is 22.2. The van der Waals surface area contributed by atoms with Gasteiger partial charge in [-0.25, -0.2) is 0 Å². The molecule has 0 radical (unpaired) electrons. The van der Waals surface area contributed by atoms with E-state index in [1.807, 2.05) is 20.8 Å². The number of halogens is 2. The Bertz CT molecular complexity index is 805. The van der Waals surface area contributed by atoms with Crippen LogP contribution in [0.2, 0.25) is 10.0 Å². The molecule has 0 bridgehead atoms. The molecule has 0 atom stereocenters. The number of aliphatic imine (C=N–C) groups is 1. The fraction of sp³-hybridized carbons (Fsp3) is 0.450. The average molecular weight is 425 g/mol. The second-order valence-electron chi connectivity index (χ2n) is 7.01. The standard InChI is InChI=1S/C20H26Cl2N4O2/c1-13(2)26(12-27)9-7-24-14(3)16-11-25(8-6-19(16)23)20(28)15-4-5-17(21)18(22)10-15/h4-5,10,12-13H,6-9,11,23H2,1-3H3. The zero-order valence-corrected chi connectivity index (χ0v) is 17.9. The van der Waals surface area contributed by atoms with Crippen molar-refractivity contribution in [2.24, 2.45) is 10.7 Å². The van der Waals surface area contributed by atoms with E-state index in [2.05, 4.69) is 4.99 Å². The number of amides is 2. The Morgan fingerprint density at radius 3 is 2.68 bits per heavy atom. The van der Waals surface area contributed by atoms with Crippen LogP contribution in [0, 0.1) is 0 Å².